The summed E-state index contributed by atoms with van der Waals surface area (Å²) in [5.41, 5.74) is 2.03. The van der Waals surface area contributed by atoms with Gasteiger partial charge in [0.25, 0.3) is 0 Å². The van der Waals surface area contributed by atoms with E-state index in [-0.39, 0.29) is 5.78 Å². The van der Waals surface area contributed by atoms with E-state index in [2.05, 4.69) is 0 Å². The minimum Gasteiger partial charge on any atom is -0.377 e. The molecule has 0 N–H and O–H groups in total. The van der Waals surface area contributed by atoms with Gasteiger partial charge < -0.3 is 4.90 Å². The zero-order valence-electron chi connectivity index (χ0n) is 7.70. The molecule has 0 atom stereocenters. The van der Waals surface area contributed by atoms with Gasteiger partial charge in [-0.2, -0.15) is 0 Å². The van der Waals surface area contributed by atoms with Crippen molar-refractivity contribution in [3.63, 3.8) is 0 Å². The van der Waals surface area contributed by atoms with Crippen molar-refractivity contribution >= 4 is 23.2 Å². The summed E-state index contributed by atoms with van der Waals surface area (Å²) in [4.78, 5) is 14.6. The molecule has 1 aromatic rings. The van der Waals surface area contributed by atoms with Crippen LogP contribution in [0.25, 0.3) is 0 Å². The zero-order valence-corrected chi connectivity index (χ0v) is 8.52. The fourth-order valence-electron chi connectivity index (χ4n) is 1.46. The monoisotopic (exact) mass is 193 g/mol. The van der Waals surface area contributed by atoms with Crippen LogP contribution < -0.4 is 4.90 Å². The first-order chi connectivity index (χ1) is 6.20. The summed E-state index contributed by atoms with van der Waals surface area (Å²) in [7, 11) is 4.00. The van der Waals surface area contributed by atoms with Gasteiger partial charge in [-0.1, -0.05) is 12.1 Å². The lowest BCUT2D eigenvalue weighted by Crippen LogP contribution is -2.10. The van der Waals surface area contributed by atoms with Gasteiger partial charge in [-0.05, 0) is 6.07 Å². The number of carbonyl (C=O) groups is 1. The highest BCUT2D eigenvalue weighted by molar-refractivity contribution is 8.00. The van der Waals surface area contributed by atoms with Gasteiger partial charge in [0, 0.05) is 24.6 Å². The van der Waals surface area contributed by atoms with E-state index in [1.807, 2.05) is 37.2 Å². The lowest BCUT2D eigenvalue weighted by Gasteiger charge is -2.15. The van der Waals surface area contributed by atoms with E-state index < -0.39 is 0 Å². The van der Waals surface area contributed by atoms with Crippen LogP contribution in [0.1, 0.15) is 10.4 Å². The number of anilines is 1. The fourth-order valence-corrected chi connectivity index (χ4v) is 2.63. The molecule has 3 heteroatoms. The first kappa shape index (κ1) is 8.63. The highest BCUT2D eigenvalue weighted by Crippen LogP contribution is 2.38. The summed E-state index contributed by atoms with van der Waals surface area (Å²) in [5, 5.41) is 0. The summed E-state index contributed by atoms with van der Waals surface area (Å²) in [6.07, 6.45) is 0. The Morgan fingerprint density at radius 3 is 2.85 bits per heavy atom. The van der Waals surface area contributed by atoms with Crippen LogP contribution in [0.4, 0.5) is 5.69 Å². The maximum absolute atomic E-state index is 11.4. The van der Waals surface area contributed by atoms with E-state index in [0.29, 0.717) is 5.75 Å². The minimum atomic E-state index is 0.253. The van der Waals surface area contributed by atoms with Crippen LogP contribution in [0.15, 0.2) is 23.1 Å². The Labute approximate surface area is 81.9 Å². The molecule has 0 aliphatic carbocycles. The first-order valence-corrected chi connectivity index (χ1v) is 5.15. The summed E-state index contributed by atoms with van der Waals surface area (Å²) < 4.78 is 0. The molecule has 0 saturated carbocycles. The van der Waals surface area contributed by atoms with E-state index >= 15 is 0 Å². The van der Waals surface area contributed by atoms with Crippen LogP contribution in [0.3, 0.4) is 0 Å². The molecule has 1 aliphatic heterocycles. The van der Waals surface area contributed by atoms with Gasteiger partial charge in [-0.3, -0.25) is 4.79 Å². The van der Waals surface area contributed by atoms with Gasteiger partial charge in [-0.15, -0.1) is 11.8 Å². The second kappa shape index (κ2) is 3.07. The average molecular weight is 193 g/mol. The number of rotatable bonds is 1. The number of benzene rings is 1. The fraction of sp³-hybridized carbons (Fsp3) is 0.300. The van der Waals surface area contributed by atoms with Gasteiger partial charge in [0.1, 0.15) is 0 Å². The molecule has 0 unspecified atom stereocenters. The number of hydrogen-bond donors (Lipinski definition) is 0. The largest absolute Gasteiger partial charge is 0.377 e. The molecule has 0 bridgehead atoms. The van der Waals surface area contributed by atoms with Crippen LogP contribution in [0, 0.1) is 0 Å². The third kappa shape index (κ3) is 1.33. The Morgan fingerprint density at radius 1 is 1.38 bits per heavy atom. The molecule has 13 heavy (non-hydrogen) atoms. The second-order valence-electron chi connectivity index (χ2n) is 3.26. The van der Waals surface area contributed by atoms with E-state index in [1.165, 1.54) is 0 Å². The van der Waals surface area contributed by atoms with E-state index in [1.54, 1.807) is 11.8 Å². The highest BCUT2D eigenvalue weighted by Gasteiger charge is 2.22. The van der Waals surface area contributed by atoms with Crippen molar-refractivity contribution in [2.24, 2.45) is 0 Å². The van der Waals surface area contributed by atoms with Crippen LogP contribution in [0.2, 0.25) is 0 Å². The first-order valence-electron chi connectivity index (χ1n) is 4.16. The number of nitrogens with zero attached hydrogens (tertiary/aromatic N) is 1. The number of thioether (sulfide) groups is 1. The third-order valence-corrected chi connectivity index (χ3v) is 3.25. The van der Waals surface area contributed by atoms with Gasteiger partial charge in [0.2, 0.25) is 0 Å². The molecule has 1 heterocycles. The Morgan fingerprint density at radius 2 is 2.15 bits per heavy atom. The highest BCUT2D eigenvalue weighted by atomic mass is 32.2. The summed E-state index contributed by atoms with van der Waals surface area (Å²) in [6, 6.07) is 5.90. The van der Waals surface area contributed by atoms with Crippen molar-refractivity contribution in [3.05, 3.63) is 23.8 Å². The molecular formula is C10H11NOS. The Balaban J connectivity index is 2.57. The van der Waals surface area contributed by atoms with E-state index in [0.717, 1.165) is 16.1 Å². The molecule has 1 aliphatic rings. The standard InChI is InChI=1S/C10H11NOS/c1-11(2)8-5-3-4-7-9(12)6-13-10(7)8/h3-5H,6H2,1-2H3. The summed E-state index contributed by atoms with van der Waals surface area (Å²) >= 11 is 1.64. The quantitative estimate of drug-likeness (QED) is 0.680. The average Bonchev–Trinajstić information content (AvgIpc) is 2.48. The third-order valence-electron chi connectivity index (χ3n) is 2.12. The zero-order chi connectivity index (χ0) is 9.42. The Kier molecular flexibility index (Phi) is 2.04. The molecule has 0 radical (unpaired) electrons. The van der Waals surface area contributed by atoms with Gasteiger partial charge >= 0.3 is 0 Å². The molecule has 0 fully saturated rings. The molecule has 0 spiro atoms. The summed E-state index contributed by atoms with van der Waals surface area (Å²) in [6.45, 7) is 0. The topological polar surface area (TPSA) is 20.3 Å². The number of carbonyl (C=O) groups excluding carboxylic acids is 1. The van der Waals surface area contributed by atoms with Crippen molar-refractivity contribution < 1.29 is 4.79 Å². The van der Waals surface area contributed by atoms with Gasteiger partial charge in [0.15, 0.2) is 5.78 Å². The molecule has 0 amide bonds. The lowest BCUT2D eigenvalue weighted by atomic mass is 10.1. The number of ketones is 1. The minimum absolute atomic E-state index is 0.253. The van der Waals surface area contributed by atoms with Crippen LogP contribution in [-0.2, 0) is 0 Å². The molecule has 0 saturated heterocycles. The maximum atomic E-state index is 11.4. The number of hydrogen-bond acceptors (Lipinski definition) is 3. The van der Waals surface area contributed by atoms with Crippen LogP contribution >= 0.6 is 11.8 Å². The second-order valence-corrected chi connectivity index (χ2v) is 4.25. The molecule has 0 aromatic heterocycles. The van der Waals surface area contributed by atoms with Crippen molar-refractivity contribution in [3.8, 4) is 0 Å². The van der Waals surface area contributed by atoms with E-state index in [9.17, 15) is 4.79 Å². The number of Topliss-reactive ketones (excluding diaryl/α,β-unsaturated/α-hetero) is 1. The van der Waals surface area contributed by atoms with Crippen molar-refractivity contribution in [2.75, 3.05) is 24.7 Å². The Hall–Kier alpha value is -0.960. The smallest absolute Gasteiger partial charge is 0.174 e. The molecule has 68 valence electrons. The summed E-state index contributed by atoms with van der Waals surface area (Å²) in [5.74, 6) is 0.851. The molecule has 2 rings (SSSR count). The van der Waals surface area contributed by atoms with Gasteiger partial charge in [0.05, 0.1) is 11.4 Å². The molecular weight excluding hydrogens is 182 g/mol. The SMILES string of the molecule is CN(C)c1cccc2c1SCC2=O. The Bertz CT molecular complexity index is 360. The van der Waals surface area contributed by atoms with Crippen molar-refractivity contribution in [2.45, 2.75) is 4.90 Å². The predicted octanol–water partition coefficient (Wildman–Crippen LogP) is 2.04. The molecule has 1 aromatic carbocycles. The van der Waals surface area contributed by atoms with Crippen molar-refractivity contribution in [1.82, 2.24) is 0 Å². The maximum Gasteiger partial charge on any atom is 0.174 e. The predicted molar refractivity (Wildman–Crippen MR) is 55.8 cm³/mol. The van der Waals surface area contributed by atoms with Crippen molar-refractivity contribution in [1.29, 1.82) is 0 Å². The van der Waals surface area contributed by atoms with E-state index in [4.69, 9.17) is 0 Å². The number of fused-ring (bicyclic) bond motifs is 1. The normalized spacial score (nSPS) is 14.5. The van der Waals surface area contributed by atoms with Gasteiger partial charge in [-0.25, -0.2) is 0 Å². The van der Waals surface area contributed by atoms with Crippen LogP contribution in [-0.4, -0.2) is 25.6 Å². The molecule has 2 nitrogen and oxygen atoms in total. The van der Waals surface area contributed by atoms with Crippen LogP contribution in [0.5, 0.6) is 0 Å². The lowest BCUT2D eigenvalue weighted by molar-refractivity contribution is 0.102.